The molecule has 2 nitrogen and oxygen atoms in total. The number of hydrogen-bond donors (Lipinski definition) is 2. The molecule has 0 aromatic heterocycles. The van der Waals surface area contributed by atoms with E-state index in [-0.39, 0.29) is 0 Å². The molecule has 0 heterocycles. The van der Waals surface area contributed by atoms with Crippen molar-refractivity contribution in [3.05, 3.63) is 23.8 Å². The molecule has 0 amide bonds. The number of hydrogen-bond acceptors (Lipinski definition) is 2. The standard InChI is InChI=1S/C8H12O2/c1-6-3-4-7(9)8(2,10)5-6/h3-5,7,9-10H,1-2H3. The molecule has 1 aliphatic rings. The summed E-state index contributed by atoms with van der Waals surface area (Å²) in [7, 11) is 0. The number of rotatable bonds is 0. The zero-order valence-corrected chi connectivity index (χ0v) is 6.20. The van der Waals surface area contributed by atoms with Crippen LogP contribution in [0.5, 0.6) is 0 Å². The fourth-order valence-electron chi connectivity index (χ4n) is 1.03. The van der Waals surface area contributed by atoms with E-state index in [1.807, 2.05) is 6.92 Å². The van der Waals surface area contributed by atoms with Crippen molar-refractivity contribution in [2.45, 2.75) is 25.6 Å². The molecule has 2 heteroatoms. The minimum absolute atomic E-state index is 0.767. The van der Waals surface area contributed by atoms with Crippen LogP contribution in [0.3, 0.4) is 0 Å². The van der Waals surface area contributed by atoms with E-state index in [9.17, 15) is 10.2 Å². The third-order valence-electron chi connectivity index (χ3n) is 1.66. The zero-order chi connectivity index (χ0) is 7.78. The second kappa shape index (κ2) is 2.22. The van der Waals surface area contributed by atoms with E-state index >= 15 is 0 Å². The van der Waals surface area contributed by atoms with Crippen LogP contribution in [0.15, 0.2) is 23.8 Å². The molecule has 10 heavy (non-hydrogen) atoms. The maximum atomic E-state index is 9.44. The van der Waals surface area contributed by atoms with E-state index in [0.717, 1.165) is 5.57 Å². The number of allylic oxidation sites excluding steroid dienone is 2. The fraction of sp³-hybridized carbons (Fsp3) is 0.500. The molecule has 0 bridgehead atoms. The Labute approximate surface area is 60.5 Å². The summed E-state index contributed by atoms with van der Waals surface area (Å²) in [6.07, 6.45) is 4.27. The van der Waals surface area contributed by atoms with Gasteiger partial charge in [-0.3, -0.25) is 0 Å². The first-order valence-corrected chi connectivity index (χ1v) is 3.30. The van der Waals surface area contributed by atoms with Crippen molar-refractivity contribution < 1.29 is 10.2 Å². The van der Waals surface area contributed by atoms with Gasteiger partial charge in [-0.05, 0) is 19.9 Å². The second-order valence-corrected chi connectivity index (χ2v) is 2.92. The maximum absolute atomic E-state index is 9.44. The Balaban J connectivity index is 2.88. The zero-order valence-electron chi connectivity index (χ0n) is 6.20. The lowest BCUT2D eigenvalue weighted by Crippen LogP contribution is -2.37. The van der Waals surface area contributed by atoms with Crippen LogP contribution in [-0.4, -0.2) is 21.9 Å². The number of aliphatic hydroxyl groups is 2. The van der Waals surface area contributed by atoms with E-state index in [4.69, 9.17) is 0 Å². The summed E-state index contributed by atoms with van der Waals surface area (Å²) in [4.78, 5) is 0. The lowest BCUT2D eigenvalue weighted by molar-refractivity contribution is -0.00144. The lowest BCUT2D eigenvalue weighted by Gasteiger charge is -2.26. The predicted molar refractivity (Wildman–Crippen MR) is 39.5 cm³/mol. The highest BCUT2D eigenvalue weighted by molar-refractivity contribution is 5.28. The van der Waals surface area contributed by atoms with Gasteiger partial charge in [0.15, 0.2) is 0 Å². The Morgan fingerprint density at radius 3 is 2.60 bits per heavy atom. The largest absolute Gasteiger partial charge is 0.386 e. The van der Waals surface area contributed by atoms with Crippen molar-refractivity contribution in [1.82, 2.24) is 0 Å². The molecule has 0 saturated carbocycles. The Morgan fingerprint density at radius 1 is 1.60 bits per heavy atom. The quantitative estimate of drug-likeness (QED) is 0.517. The minimum atomic E-state index is -1.08. The van der Waals surface area contributed by atoms with E-state index in [2.05, 4.69) is 0 Å². The molecular weight excluding hydrogens is 128 g/mol. The van der Waals surface area contributed by atoms with Gasteiger partial charge in [0, 0.05) is 0 Å². The van der Waals surface area contributed by atoms with Crippen molar-refractivity contribution in [2.75, 3.05) is 0 Å². The van der Waals surface area contributed by atoms with Crippen LogP contribution in [0.1, 0.15) is 13.8 Å². The average molecular weight is 140 g/mol. The van der Waals surface area contributed by atoms with Gasteiger partial charge in [0.05, 0.1) is 0 Å². The van der Waals surface area contributed by atoms with E-state index < -0.39 is 11.7 Å². The highest BCUT2D eigenvalue weighted by Crippen LogP contribution is 2.20. The third-order valence-corrected chi connectivity index (χ3v) is 1.66. The Bertz CT molecular complexity index is 189. The Kier molecular flexibility index (Phi) is 1.67. The van der Waals surface area contributed by atoms with Gasteiger partial charge in [-0.1, -0.05) is 17.7 Å². The topological polar surface area (TPSA) is 40.5 Å². The third kappa shape index (κ3) is 1.28. The molecule has 0 aromatic carbocycles. The highest BCUT2D eigenvalue weighted by Gasteiger charge is 2.27. The van der Waals surface area contributed by atoms with E-state index in [1.165, 1.54) is 0 Å². The van der Waals surface area contributed by atoms with Crippen LogP contribution in [0.4, 0.5) is 0 Å². The first kappa shape index (κ1) is 7.51. The van der Waals surface area contributed by atoms with Gasteiger partial charge in [-0.25, -0.2) is 0 Å². The van der Waals surface area contributed by atoms with E-state index in [0.29, 0.717) is 0 Å². The molecule has 2 unspecified atom stereocenters. The summed E-state index contributed by atoms with van der Waals surface area (Å²) < 4.78 is 0. The lowest BCUT2D eigenvalue weighted by atomic mass is 9.91. The van der Waals surface area contributed by atoms with Gasteiger partial charge >= 0.3 is 0 Å². The van der Waals surface area contributed by atoms with Crippen molar-refractivity contribution >= 4 is 0 Å². The van der Waals surface area contributed by atoms with Crippen molar-refractivity contribution in [1.29, 1.82) is 0 Å². The first-order chi connectivity index (χ1) is 4.52. The summed E-state index contributed by atoms with van der Waals surface area (Å²) in [5.74, 6) is 0. The van der Waals surface area contributed by atoms with Crippen LogP contribution in [0, 0.1) is 0 Å². The molecule has 0 aromatic rings. The maximum Gasteiger partial charge on any atom is 0.110 e. The monoisotopic (exact) mass is 140 g/mol. The smallest absolute Gasteiger partial charge is 0.110 e. The minimum Gasteiger partial charge on any atom is -0.386 e. The van der Waals surface area contributed by atoms with E-state index in [1.54, 1.807) is 25.2 Å². The molecule has 56 valence electrons. The molecule has 0 aliphatic heterocycles. The molecule has 0 fully saturated rings. The normalized spacial score (nSPS) is 39.6. The Morgan fingerprint density at radius 2 is 2.20 bits per heavy atom. The summed E-state index contributed by atoms with van der Waals surface area (Å²) in [5, 5.41) is 18.6. The summed E-state index contributed by atoms with van der Waals surface area (Å²) in [5.41, 5.74) is -0.103. The number of aliphatic hydroxyl groups excluding tert-OH is 1. The van der Waals surface area contributed by atoms with Gasteiger partial charge in [0.25, 0.3) is 0 Å². The molecule has 1 aliphatic carbocycles. The summed E-state index contributed by atoms with van der Waals surface area (Å²) in [6.45, 7) is 3.47. The van der Waals surface area contributed by atoms with Gasteiger partial charge in [0.1, 0.15) is 11.7 Å². The van der Waals surface area contributed by atoms with Crippen molar-refractivity contribution in [3.8, 4) is 0 Å². The molecular formula is C8H12O2. The van der Waals surface area contributed by atoms with Crippen LogP contribution >= 0.6 is 0 Å². The first-order valence-electron chi connectivity index (χ1n) is 3.30. The molecule has 0 saturated heterocycles. The van der Waals surface area contributed by atoms with Crippen LogP contribution in [-0.2, 0) is 0 Å². The Hall–Kier alpha value is -0.600. The van der Waals surface area contributed by atoms with Crippen molar-refractivity contribution in [3.63, 3.8) is 0 Å². The van der Waals surface area contributed by atoms with Gasteiger partial charge in [0.2, 0.25) is 0 Å². The van der Waals surface area contributed by atoms with Gasteiger partial charge < -0.3 is 10.2 Å². The highest BCUT2D eigenvalue weighted by atomic mass is 16.3. The van der Waals surface area contributed by atoms with Gasteiger partial charge in [-0.2, -0.15) is 0 Å². The van der Waals surface area contributed by atoms with Crippen LogP contribution < -0.4 is 0 Å². The molecule has 2 atom stereocenters. The predicted octanol–water partition coefficient (Wildman–Crippen LogP) is 0.614. The molecule has 0 spiro atoms. The molecule has 2 N–H and O–H groups in total. The van der Waals surface area contributed by atoms with Crippen LogP contribution in [0.25, 0.3) is 0 Å². The summed E-state index contributed by atoms with van der Waals surface area (Å²) >= 11 is 0. The fourth-order valence-corrected chi connectivity index (χ4v) is 1.03. The van der Waals surface area contributed by atoms with Gasteiger partial charge in [-0.15, -0.1) is 0 Å². The second-order valence-electron chi connectivity index (χ2n) is 2.92. The molecule has 0 radical (unpaired) electrons. The van der Waals surface area contributed by atoms with Crippen LogP contribution in [0.2, 0.25) is 0 Å². The molecule has 1 rings (SSSR count). The van der Waals surface area contributed by atoms with Crippen molar-refractivity contribution in [2.24, 2.45) is 0 Å². The summed E-state index contributed by atoms with van der Waals surface area (Å²) in [6, 6.07) is 0. The average Bonchev–Trinajstić information content (AvgIpc) is 1.78. The SMILES string of the molecule is CC1=CC(C)(O)C(O)C=C1.